The zero-order valence-corrected chi connectivity index (χ0v) is 9.08. The largest absolute Gasteiger partial charge is 0.481 e. The van der Waals surface area contributed by atoms with E-state index >= 15 is 0 Å². The van der Waals surface area contributed by atoms with E-state index in [4.69, 9.17) is 5.11 Å². The third-order valence-corrected chi connectivity index (χ3v) is 3.36. The van der Waals surface area contributed by atoms with Gasteiger partial charge in [0.25, 0.3) is 0 Å². The highest BCUT2D eigenvalue weighted by Gasteiger charge is 2.31. The molecule has 2 atom stereocenters. The van der Waals surface area contributed by atoms with Crippen molar-refractivity contribution in [1.29, 1.82) is 0 Å². The Kier molecular flexibility index (Phi) is 2.50. The van der Waals surface area contributed by atoms with E-state index in [0.29, 0.717) is 5.92 Å². The Labute approximate surface area is 88.7 Å². The third kappa shape index (κ3) is 1.76. The molecule has 1 heterocycles. The topological polar surface area (TPSA) is 66.0 Å². The van der Waals surface area contributed by atoms with Crippen LogP contribution in [0.5, 0.6) is 0 Å². The van der Waals surface area contributed by atoms with E-state index < -0.39 is 5.97 Å². The van der Waals surface area contributed by atoms with E-state index in [9.17, 15) is 4.79 Å². The van der Waals surface area contributed by atoms with Crippen molar-refractivity contribution >= 4 is 5.97 Å². The van der Waals surface area contributed by atoms with Gasteiger partial charge in [0.2, 0.25) is 0 Å². The summed E-state index contributed by atoms with van der Waals surface area (Å²) in [5.74, 6) is -0.157. The average Bonchev–Trinajstić information content (AvgIpc) is 2.52. The maximum absolute atomic E-state index is 10.8. The van der Waals surface area contributed by atoms with Crippen LogP contribution < -0.4 is 0 Å². The van der Waals surface area contributed by atoms with Gasteiger partial charge >= 0.3 is 5.97 Å². The van der Waals surface area contributed by atoms with Crippen molar-refractivity contribution in [2.45, 2.75) is 39.0 Å². The van der Waals surface area contributed by atoms with Crippen LogP contribution in [0.3, 0.4) is 0 Å². The number of aryl methyl sites for hydroxylation is 2. The normalized spacial score (nSPS) is 24.9. The number of carboxylic acid groups (broad SMARTS) is 1. The summed E-state index contributed by atoms with van der Waals surface area (Å²) in [5, 5.41) is 16.1. The highest BCUT2D eigenvalue weighted by molar-refractivity contribution is 5.68. The van der Waals surface area contributed by atoms with Gasteiger partial charge in [-0.15, -0.1) is 0 Å². The second-order valence-electron chi connectivity index (χ2n) is 4.43. The molecule has 4 nitrogen and oxygen atoms in total. The first-order valence-electron chi connectivity index (χ1n) is 5.35. The molecule has 15 heavy (non-hydrogen) atoms. The summed E-state index contributed by atoms with van der Waals surface area (Å²) in [6.45, 7) is 4.10. The Morgan fingerprint density at radius 1 is 1.67 bits per heavy atom. The maximum atomic E-state index is 10.8. The number of aliphatic carboxylic acids is 1. The van der Waals surface area contributed by atoms with Crippen molar-refractivity contribution in [2.24, 2.45) is 5.92 Å². The van der Waals surface area contributed by atoms with E-state index in [0.717, 1.165) is 29.8 Å². The fourth-order valence-corrected chi connectivity index (χ4v) is 2.51. The lowest BCUT2D eigenvalue weighted by Gasteiger charge is -2.27. The number of nitrogens with zero attached hydrogens (tertiary/aromatic N) is 1. The standard InChI is InChI=1S/C11H16N2O2/c1-6-3-4-9-11(7(2)12-13-9)8(6)5-10(14)15/h6,8H,3-5H2,1-2H3,(H,12,13)(H,14,15). The number of hydrogen-bond acceptors (Lipinski definition) is 2. The molecule has 0 bridgehead atoms. The number of H-pyrrole nitrogens is 1. The minimum Gasteiger partial charge on any atom is -0.481 e. The number of carboxylic acids is 1. The number of aromatic amines is 1. The molecule has 1 aromatic heterocycles. The van der Waals surface area contributed by atoms with E-state index in [1.165, 1.54) is 0 Å². The monoisotopic (exact) mass is 208 g/mol. The Hall–Kier alpha value is -1.32. The number of hydrogen-bond donors (Lipinski definition) is 2. The lowest BCUT2D eigenvalue weighted by molar-refractivity contribution is -0.137. The van der Waals surface area contributed by atoms with Crippen molar-refractivity contribution in [3.63, 3.8) is 0 Å². The van der Waals surface area contributed by atoms with E-state index in [1.54, 1.807) is 0 Å². The summed E-state index contributed by atoms with van der Waals surface area (Å²) in [7, 11) is 0. The van der Waals surface area contributed by atoms with Gasteiger partial charge in [-0.25, -0.2) is 0 Å². The quantitative estimate of drug-likeness (QED) is 0.779. The molecule has 0 saturated carbocycles. The first kappa shape index (κ1) is 10.2. The lowest BCUT2D eigenvalue weighted by Crippen LogP contribution is -2.21. The molecule has 0 amide bonds. The Balaban J connectivity index is 2.35. The van der Waals surface area contributed by atoms with Crippen LogP contribution >= 0.6 is 0 Å². The van der Waals surface area contributed by atoms with Crippen LogP contribution in [0, 0.1) is 12.8 Å². The molecule has 0 aliphatic heterocycles. The molecule has 0 fully saturated rings. The summed E-state index contributed by atoms with van der Waals surface area (Å²) >= 11 is 0. The highest BCUT2D eigenvalue weighted by atomic mass is 16.4. The van der Waals surface area contributed by atoms with Crippen LogP contribution in [-0.4, -0.2) is 21.3 Å². The van der Waals surface area contributed by atoms with Gasteiger partial charge in [0.15, 0.2) is 0 Å². The van der Waals surface area contributed by atoms with Gasteiger partial charge < -0.3 is 5.11 Å². The smallest absolute Gasteiger partial charge is 0.303 e. The molecule has 1 aliphatic carbocycles. The van der Waals surface area contributed by atoms with Crippen LogP contribution in [-0.2, 0) is 11.2 Å². The molecule has 0 saturated heterocycles. The van der Waals surface area contributed by atoms with Gasteiger partial charge in [-0.3, -0.25) is 9.89 Å². The molecule has 1 aromatic rings. The Morgan fingerprint density at radius 3 is 3.07 bits per heavy atom. The zero-order chi connectivity index (χ0) is 11.0. The zero-order valence-electron chi connectivity index (χ0n) is 9.08. The summed E-state index contributed by atoms with van der Waals surface area (Å²) in [6, 6.07) is 0. The van der Waals surface area contributed by atoms with Gasteiger partial charge in [-0.1, -0.05) is 6.92 Å². The van der Waals surface area contributed by atoms with Gasteiger partial charge in [0, 0.05) is 11.6 Å². The highest BCUT2D eigenvalue weighted by Crippen LogP contribution is 2.38. The number of carbonyl (C=O) groups is 1. The number of fused-ring (bicyclic) bond motifs is 1. The summed E-state index contributed by atoms with van der Waals surface area (Å²) in [4.78, 5) is 10.8. The van der Waals surface area contributed by atoms with Gasteiger partial charge in [-0.2, -0.15) is 5.10 Å². The fraction of sp³-hybridized carbons (Fsp3) is 0.636. The van der Waals surface area contributed by atoms with E-state index in [1.807, 2.05) is 6.92 Å². The summed E-state index contributed by atoms with van der Waals surface area (Å²) in [6.07, 6.45) is 2.22. The van der Waals surface area contributed by atoms with Crippen molar-refractivity contribution < 1.29 is 9.90 Å². The number of aromatic nitrogens is 2. The predicted molar refractivity (Wildman–Crippen MR) is 55.8 cm³/mol. The first-order chi connectivity index (χ1) is 7.09. The van der Waals surface area contributed by atoms with E-state index in [-0.39, 0.29) is 12.3 Å². The lowest BCUT2D eigenvalue weighted by atomic mass is 9.76. The van der Waals surface area contributed by atoms with Crippen LogP contribution in [0.4, 0.5) is 0 Å². The summed E-state index contributed by atoms with van der Waals surface area (Å²) in [5.41, 5.74) is 3.25. The van der Waals surface area contributed by atoms with Gasteiger partial charge in [0.1, 0.15) is 0 Å². The van der Waals surface area contributed by atoms with Crippen LogP contribution in [0.15, 0.2) is 0 Å². The molecular formula is C11H16N2O2. The van der Waals surface area contributed by atoms with Gasteiger partial charge in [0.05, 0.1) is 12.1 Å². The minimum absolute atomic E-state index is 0.130. The first-order valence-corrected chi connectivity index (χ1v) is 5.35. The molecule has 0 aromatic carbocycles. The molecule has 1 aliphatic rings. The number of rotatable bonds is 2. The molecule has 2 rings (SSSR count). The second kappa shape index (κ2) is 3.68. The predicted octanol–water partition coefficient (Wildman–Crippen LogP) is 1.86. The Bertz CT molecular complexity index is 384. The molecule has 0 radical (unpaired) electrons. The molecule has 2 N–H and O–H groups in total. The van der Waals surface area contributed by atoms with Crippen LogP contribution in [0.1, 0.15) is 42.6 Å². The fourth-order valence-electron chi connectivity index (χ4n) is 2.51. The van der Waals surface area contributed by atoms with Crippen molar-refractivity contribution in [3.8, 4) is 0 Å². The molecule has 4 heteroatoms. The number of nitrogens with one attached hydrogen (secondary N) is 1. The average molecular weight is 208 g/mol. The SMILES string of the molecule is Cc1[nH]nc2c1C(CC(=O)O)C(C)CC2. The molecular weight excluding hydrogens is 192 g/mol. The van der Waals surface area contributed by atoms with Crippen molar-refractivity contribution in [1.82, 2.24) is 10.2 Å². The summed E-state index contributed by atoms with van der Waals surface area (Å²) < 4.78 is 0. The van der Waals surface area contributed by atoms with Crippen LogP contribution in [0.2, 0.25) is 0 Å². The van der Waals surface area contributed by atoms with Crippen molar-refractivity contribution in [2.75, 3.05) is 0 Å². The van der Waals surface area contributed by atoms with Crippen LogP contribution in [0.25, 0.3) is 0 Å². The molecule has 82 valence electrons. The molecule has 2 unspecified atom stereocenters. The third-order valence-electron chi connectivity index (χ3n) is 3.36. The maximum Gasteiger partial charge on any atom is 0.303 e. The van der Waals surface area contributed by atoms with Crippen molar-refractivity contribution in [3.05, 3.63) is 17.0 Å². The second-order valence-corrected chi connectivity index (χ2v) is 4.43. The Morgan fingerprint density at radius 2 is 2.40 bits per heavy atom. The van der Waals surface area contributed by atoms with E-state index in [2.05, 4.69) is 17.1 Å². The minimum atomic E-state index is -0.722. The van der Waals surface area contributed by atoms with Gasteiger partial charge in [-0.05, 0) is 31.2 Å². The molecule has 0 spiro atoms.